The minimum Gasteiger partial charge on any atom is -0.313 e. The molecular formula is C16H24ClNO2S. The molecule has 2 rings (SSSR count). The zero-order valence-electron chi connectivity index (χ0n) is 12.9. The highest BCUT2D eigenvalue weighted by molar-refractivity contribution is 7.91. The number of rotatable bonds is 4. The van der Waals surface area contributed by atoms with Gasteiger partial charge in [0.25, 0.3) is 0 Å². The van der Waals surface area contributed by atoms with E-state index in [1.807, 2.05) is 26.1 Å². The van der Waals surface area contributed by atoms with Crippen LogP contribution in [0.5, 0.6) is 0 Å². The molecule has 1 fully saturated rings. The van der Waals surface area contributed by atoms with E-state index in [2.05, 4.69) is 11.4 Å². The van der Waals surface area contributed by atoms with E-state index in [0.717, 1.165) is 41.8 Å². The van der Waals surface area contributed by atoms with Crippen LogP contribution >= 0.6 is 11.6 Å². The van der Waals surface area contributed by atoms with Crippen LogP contribution in [0.3, 0.4) is 0 Å². The van der Waals surface area contributed by atoms with Gasteiger partial charge in [-0.1, -0.05) is 24.1 Å². The molecule has 1 aromatic carbocycles. The normalized spacial score (nSPS) is 24.8. The van der Waals surface area contributed by atoms with Gasteiger partial charge in [-0.15, -0.1) is 0 Å². The number of halogens is 1. The molecule has 1 aromatic rings. The summed E-state index contributed by atoms with van der Waals surface area (Å²) in [5.74, 6) is 0.335. The van der Waals surface area contributed by atoms with Gasteiger partial charge in [0.2, 0.25) is 0 Å². The van der Waals surface area contributed by atoms with Crippen LogP contribution in [-0.2, 0) is 9.84 Å². The third-order valence-corrected chi connectivity index (χ3v) is 6.34. The molecule has 1 aliphatic rings. The molecule has 118 valence electrons. The first-order chi connectivity index (χ1) is 9.81. The largest absolute Gasteiger partial charge is 0.313 e. The van der Waals surface area contributed by atoms with Crippen molar-refractivity contribution in [2.75, 3.05) is 13.3 Å². The second-order valence-electron chi connectivity index (χ2n) is 6.21. The molecule has 0 amide bonds. The van der Waals surface area contributed by atoms with Gasteiger partial charge in [0.05, 0.1) is 5.25 Å². The van der Waals surface area contributed by atoms with E-state index in [4.69, 9.17) is 11.6 Å². The fourth-order valence-electron chi connectivity index (χ4n) is 3.49. The maximum absolute atomic E-state index is 11.8. The van der Waals surface area contributed by atoms with Crippen LogP contribution in [0, 0.1) is 12.8 Å². The number of aryl methyl sites for hydroxylation is 1. The van der Waals surface area contributed by atoms with Gasteiger partial charge >= 0.3 is 0 Å². The van der Waals surface area contributed by atoms with Crippen LogP contribution in [0.1, 0.15) is 42.9 Å². The van der Waals surface area contributed by atoms with E-state index in [0.29, 0.717) is 5.92 Å². The van der Waals surface area contributed by atoms with Crippen LogP contribution in [-0.4, -0.2) is 27.0 Å². The molecule has 1 saturated carbocycles. The summed E-state index contributed by atoms with van der Waals surface area (Å²) in [4.78, 5) is 0. The van der Waals surface area contributed by atoms with Crippen LogP contribution in [0.25, 0.3) is 0 Å². The van der Waals surface area contributed by atoms with E-state index in [-0.39, 0.29) is 11.3 Å². The van der Waals surface area contributed by atoms with E-state index >= 15 is 0 Å². The number of benzene rings is 1. The minimum absolute atomic E-state index is 0.159. The zero-order valence-corrected chi connectivity index (χ0v) is 14.5. The van der Waals surface area contributed by atoms with Crippen molar-refractivity contribution in [3.63, 3.8) is 0 Å². The number of sulfone groups is 1. The monoisotopic (exact) mass is 329 g/mol. The van der Waals surface area contributed by atoms with Crippen molar-refractivity contribution in [1.29, 1.82) is 0 Å². The molecule has 0 saturated heterocycles. The van der Waals surface area contributed by atoms with E-state index in [1.165, 1.54) is 6.26 Å². The Morgan fingerprint density at radius 2 is 2.00 bits per heavy atom. The lowest BCUT2D eigenvalue weighted by molar-refractivity contribution is 0.282. The van der Waals surface area contributed by atoms with Crippen LogP contribution < -0.4 is 5.32 Å². The third kappa shape index (κ3) is 4.21. The number of nitrogens with one attached hydrogen (secondary N) is 1. The molecule has 0 aromatic heterocycles. The fraction of sp³-hybridized carbons (Fsp3) is 0.625. The molecule has 5 heteroatoms. The smallest absolute Gasteiger partial charge is 0.150 e. The molecule has 3 atom stereocenters. The summed E-state index contributed by atoms with van der Waals surface area (Å²) in [6.45, 7) is 2.03. The summed E-state index contributed by atoms with van der Waals surface area (Å²) in [7, 11) is -1.02. The molecule has 3 unspecified atom stereocenters. The van der Waals surface area contributed by atoms with Crippen molar-refractivity contribution in [2.24, 2.45) is 5.92 Å². The first-order valence-corrected chi connectivity index (χ1v) is 9.77. The second kappa shape index (κ2) is 6.67. The SMILES string of the molecule is CNC(c1cc(C)cc(Cl)c1)C1CCCC(S(C)(=O)=O)C1. The number of hydrogen-bond donors (Lipinski definition) is 1. The predicted molar refractivity (Wildman–Crippen MR) is 88.6 cm³/mol. The summed E-state index contributed by atoms with van der Waals surface area (Å²) >= 11 is 6.17. The van der Waals surface area contributed by atoms with Crippen molar-refractivity contribution in [1.82, 2.24) is 5.32 Å². The lowest BCUT2D eigenvalue weighted by Crippen LogP contribution is -2.34. The van der Waals surface area contributed by atoms with Gasteiger partial charge in [-0.25, -0.2) is 8.42 Å². The topological polar surface area (TPSA) is 46.2 Å². The lowest BCUT2D eigenvalue weighted by Gasteiger charge is -2.34. The summed E-state index contributed by atoms with van der Waals surface area (Å²) in [5, 5.41) is 3.90. The quantitative estimate of drug-likeness (QED) is 0.919. The summed E-state index contributed by atoms with van der Waals surface area (Å²) in [6.07, 6.45) is 4.91. The Morgan fingerprint density at radius 3 is 2.57 bits per heavy atom. The van der Waals surface area contributed by atoms with Crippen molar-refractivity contribution in [3.05, 3.63) is 34.3 Å². The van der Waals surface area contributed by atoms with Gasteiger partial charge < -0.3 is 5.32 Å². The third-order valence-electron chi connectivity index (χ3n) is 4.48. The highest BCUT2D eigenvalue weighted by atomic mass is 35.5. The average molecular weight is 330 g/mol. The molecular weight excluding hydrogens is 306 g/mol. The number of hydrogen-bond acceptors (Lipinski definition) is 3. The summed E-state index contributed by atoms with van der Waals surface area (Å²) in [6, 6.07) is 6.22. The molecule has 3 nitrogen and oxygen atoms in total. The summed E-state index contributed by atoms with van der Waals surface area (Å²) in [5.41, 5.74) is 2.29. The van der Waals surface area contributed by atoms with E-state index in [9.17, 15) is 8.42 Å². The van der Waals surface area contributed by atoms with Gasteiger partial charge in [0.1, 0.15) is 9.84 Å². The van der Waals surface area contributed by atoms with Gasteiger partial charge in [0.15, 0.2) is 0 Å². The lowest BCUT2D eigenvalue weighted by atomic mass is 9.80. The molecule has 0 heterocycles. The molecule has 21 heavy (non-hydrogen) atoms. The van der Waals surface area contributed by atoms with Crippen molar-refractivity contribution >= 4 is 21.4 Å². The first kappa shape index (κ1) is 16.8. The zero-order chi connectivity index (χ0) is 15.6. The maximum Gasteiger partial charge on any atom is 0.150 e. The van der Waals surface area contributed by atoms with Crippen LogP contribution in [0.4, 0.5) is 0 Å². The standard InChI is InChI=1S/C16H24ClNO2S/c1-11-7-13(9-14(17)8-11)16(18-2)12-5-4-6-15(10-12)21(3,19)20/h7-9,12,15-16,18H,4-6,10H2,1-3H3. The fourth-order valence-corrected chi connectivity index (χ4v) is 4.98. The average Bonchev–Trinajstić information content (AvgIpc) is 2.38. The Hall–Kier alpha value is -0.580. The van der Waals surface area contributed by atoms with Crippen molar-refractivity contribution in [2.45, 2.75) is 43.9 Å². The predicted octanol–water partition coefficient (Wildman–Crippen LogP) is 3.51. The van der Waals surface area contributed by atoms with Crippen molar-refractivity contribution in [3.8, 4) is 0 Å². The second-order valence-corrected chi connectivity index (χ2v) is 8.97. The Bertz CT molecular complexity index is 580. The molecule has 1 aliphatic carbocycles. The van der Waals surface area contributed by atoms with Crippen molar-refractivity contribution < 1.29 is 8.42 Å². The molecule has 0 aliphatic heterocycles. The highest BCUT2D eigenvalue weighted by Crippen LogP contribution is 2.37. The Labute approximate surface area is 133 Å². The minimum atomic E-state index is -2.95. The van der Waals surface area contributed by atoms with Gasteiger partial charge in [-0.2, -0.15) is 0 Å². The first-order valence-electron chi connectivity index (χ1n) is 7.44. The van der Waals surface area contributed by atoms with Crippen LogP contribution in [0.2, 0.25) is 5.02 Å². The highest BCUT2D eigenvalue weighted by Gasteiger charge is 2.33. The summed E-state index contributed by atoms with van der Waals surface area (Å²) < 4.78 is 23.7. The molecule has 0 radical (unpaired) electrons. The van der Waals surface area contributed by atoms with Gasteiger partial charge in [-0.05, 0) is 62.4 Å². The Morgan fingerprint density at radius 1 is 1.29 bits per heavy atom. The van der Waals surface area contributed by atoms with E-state index < -0.39 is 9.84 Å². The van der Waals surface area contributed by atoms with Gasteiger partial charge in [0, 0.05) is 17.3 Å². The molecule has 1 N–H and O–H groups in total. The Kier molecular flexibility index (Phi) is 5.33. The Balaban J connectivity index is 2.24. The van der Waals surface area contributed by atoms with Crippen LogP contribution in [0.15, 0.2) is 18.2 Å². The van der Waals surface area contributed by atoms with Gasteiger partial charge in [-0.3, -0.25) is 0 Å². The molecule has 0 spiro atoms. The van der Waals surface area contributed by atoms with E-state index in [1.54, 1.807) is 0 Å². The maximum atomic E-state index is 11.8. The molecule has 0 bridgehead atoms.